The second-order valence-electron chi connectivity index (χ2n) is 13.0. The van der Waals surface area contributed by atoms with Crippen LogP contribution < -0.4 is 20.0 Å². The van der Waals surface area contributed by atoms with Gasteiger partial charge in [0, 0.05) is 32.1 Å². The summed E-state index contributed by atoms with van der Waals surface area (Å²) in [4.78, 5) is 5.68. The van der Waals surface area contributed by atoms with Crippen molar-refractivity contribution >= 4 is 43.4 Å². The first-order chi connectivity index (χ1) is 19.0. The molecule has 4 aromatic rings. The summed E-state index contributed by atoms with van der Waals surface area (Å²) in [5.74, 6) is 0. The molecule has 1 aliphatic rings. The van der Waals surface area contributed by atoms with Crippen LogP contribution in [0.2, 0.25) is 19.6 Å². The maximum Gasteiger partial charge on any atom is 0.364 e. The van der Waals surface area contributed by atoms with E-state index in [1.807, 2.05) is 0 Å². The SMILES string of the molecule is Cc1cc(C)c(N2CCN(c3c(C)cc(C)cc3C)B2[Si](c2ccccc2)(c2ccccc2)[Si](C)(C)C)c(C)c1. The van der Waals surface area contributed by atoms with Crippen molar-refractivity contribution in [1.82, 2.24) is 0 Å². The highest BCUT2D eigenvalue weighted by molar-refractivity contribution is 7.73. The lowest BCUT2D eigenvalue weighted by Crippen LogP contribution is -2.86. The van der Waals surface area contributed by atoms with E-state index in [0.717, 1.165) is 13.1 Å². The molecule has 0 aromatic heterocycles. The number of anilines is 2. The minimum atomic E-state index is -2.44. The van der Waals surface area contributed by atoms with Crippen LogP contribution >= 0.6 is 0 Å². The summed E-state index contributed by atoms with van der Waals surface area (Å²) in [6.07, 6.45) is 0. The largest absolute Gasteiger partial charge is 0.396 e. The number of nitrogens with zero attached hydrogens (tertiary/aromatic N) is 2. The molecule has 206 valence electrons. The Morgan fingerprint density at radius 3 is 1.15 bits per heavy atom. The van der Waals surface area contributed by atoms with E-state index < -0.39 is 15.1 Å². The lowest BCUT2D eigenvalue weighted by atomic mass is 9.94. The fourth-order valence-corrected chi connectivity index (χ4v) is 23.7. The fourth-order valence-electron chi connectivity index (χ4n) is 7.94. The molecule has 0 bridgehead atoms. The van der Waals surface area contributed by atoms with Crippen LogP contribution in [-0.4, -0.2) is 34.7 Å². The molecule has 0 N–H and O–H groups in total. The minimum absolute atomic E-state index is 0.268. The van der Waals surface area contributed by atoms with Crippen molar-refractivity contribution in [3.05, 3.63) is 118 Å². The quantitative estimate of drug-likeness (QED) is 0.232. The van der Waals surface area contributed by atoms with Crippen LogP contribution in [-0.2, 0) is 0 Å². The molecular formula is C35H45BN2Si2. The van der Waals surface area contributed by atoms with Crippen LogP contribution in [0.3, 0.4) is 0 Å². The van der Waals surface area contributed by atoms with Gasteiger partial charge in [0.25, 0.3) is 0 Å². The van der Waals surface area contributed by atoms with Gasteiger partial charge in [-0.15, -0.1) is 0 Å². The number of hydrogen-bond donors (Lipinski definition) is 0. The second kappa shape index (κ2) is 10.8. The van der Waals surface area contributed by atoms with Gasteiger partial charge in [-0.25, -0.2) is 0 Å². The number of benzene rings is 4. The first-order valence-corrected chi connectivity index (χ1v) is 21.3. The standard InChI is InChI=1S/C35H45BN2Si2/c1-26-22-28(3)34(29(4)23-26)37-20-21-38(35-30(5)24-27(2)25-31(35)6)36(37)40(39(7,8)9,32-16-12-10-13-17-32)33-18-14-11-15-19-33/h10-19,22-25H,20-21H2,1-9H3. The molecule has 2 nitrogen and oxygen atoms in total. The zero-order valence-electron chi connectivity index (χ0n) is 26.0. The molecule has 0 spiro atoms. The Bertz CT molecular complexity index is 1360. The maximum atomic E-state index is 2.84. The lowest BCUT2D eigenvalue weighted by molar-refractivity contribution is 1.01. The van der Waals surface area contributed by atoms with Gasteiger partial charge in [0.1, 0.15) is 7.46 Å². The number of hydrogen-bond acceptors (Lipinski definition) is 2. The highest BCUT2D eigenvalue weighted by atomic mass is 29.3. The zero-order chi connectivity index (χ0) is 28.8. The summed E-state index contributed by atoms with van der Waals surface area (Å²) in [5.41, 5.74) is 11.1. The lowest BCUT2D eigenvalue weighted by Gasteiger charge is -2.50. The smallest absolute Gasteiger partial charge is 0.364 e. The molecule has 0 saturated carbocycles. The van der Waals surface area contributed by atoms with Crippen LogP contribution in [0.25, 0.3) is 0 Å². The molecule has 0 radical (unpaired) electrons. The molecule has 0 amide bonds. The third kappa shape index (κ3) is 4.67. The third-order valence-electron chi connectivity index (χ3n) is 9.05. The molecule has 0 unspecified atom stereocenters. The van der Waals surface area contributed by atoms with E-state index in [9.17, 15) is 0 Å². The highest BCUT2D eigenvalue weighted by Gasteiger charge is 2.63. The summed E-state index contributed by atoms with van der Waals surface area (Å²) in [5, 5.41) is 3.12. The van der Waals surface area contributed by atoms with Crippen LogP contribution in [0.15, 0.2) is 84.9 Å². The van der Waals surface area contributed by atoms with Crippen molar-refractivity contribution in [1.29, 1.82) is 0 Å². The molecule has 4 aromatic carbocycles. The molecule has 40 heavy (non-hydrogen) atoms. The van der Waals surface area contributed by atoms with Gasteiger partial charge in [0.2, 0.25) is 0 Å². The third-order valence-corrected chi connectivity index (χ3v) is 24.9. The molecule has 1 saturated heterocycles. The number of rotatable bonds is 6. The van der Waals surface area contributed by atoms with Gasteiger partial charge in [-0.2, -0.15) is 0 Å². The monoisotopic (exact) mass is 560 g/mol. The first kappa shape index (κ1) is 28.5. The summed E-state index contributed by atoms with van der Waals surface area (Å²) in [7, 11) is -4.30. The van der Waals surface area contributed by atoms with E-state index in [1.54, 1.807) is 10.4 Å². The minimum Gasteiger partial charge on any atom is -0.396 e. The van der Waals surface area contributed by atoms with Crippen molar-refractivity contribution in [2.75, 3.05) is 22.7 Å². The predicted molar refractivity (Wildman–Crippen MR) is 183 cm³/mol. The van der Waals surface area contributed by atoms with Crippen molar-refractivity contribution in [2.24, 2.45) is 0 Å². The van der Waals surface area contributed by atoms with Gasteiger partial charge in [-0.3, -0.25) is 0 Å². The predicted octanol–water partition coefficient (Wildman–Crippen LogP) is 7.11. The highest BCUT2D eigenvalue weighted by Crippen LogP contribution is 2.39. The van der Waals surface area contributed by atoms with Gasteiger partial charge in [0.05, 0.1) is 0 Å². The van der Waals surface area contributed by atoms with E-state index >= 15 is 0 Å². The average Bonchev–Trinajstić information content (AvgIpc) is 3.28. The summed E-state index contributed by atoms with van der Waals surface area (Å²) >= 11 is 0. The van der Waals surface area contributed by atoms with E-state index in [4.69, 9.17) is 0 Å². The summed E-state index contributed by atoms with van der Waals surface area (Å²) in [6, 6.07) is 32.8. The molecule has 0 aliphatic carbocycles. The van der Waals surface area contributed by atoms with Gasteiger partial charge < -0.3 is 9.62 Å². The van der Waals surface area contributed by atoms with Crippen molar-refractivity contribution < 1.29 is 0 Å². The van der Waals surface area contributed by atoms with Gasteiger partial charge in [-0.1, -0.05) is 126 Å². The summed E-state index contributed by atoms with van der Waals surface area (Å²) in [6.45, 7) is 24.0. The number of aryl methyl sites for hydroxylation is 6. The molecule has 1 aliphatic heterocycles. The Labute approximate surface area is 244 Å². The van der Waals surface area contributed by atoms with Gasteiger partial charge in [0.15, 0.2) is 0 Å². The van der Waals surface area contributed by atoms with Gasteiger partial charge in [-0.05, 0) is 63.8 Å². The fraction of sp³-hybridized carbons (Fsp3) is 0.314. The Balaban J connectivity index is 1.91. The van der Waals surface area contributed by atoms with Crippen molar-refractivity contribution in [2.45, 2.75) is 61.2 Å². The van der Waals surface area contributed by atoms with E-state index in [0.29, 0.717) is 0 Å². The Kier molecular flexibility index (Phi) is 7.66. The van der Waals surface area contributed by atoms with E-state index in [1.165, 1.54) is 44.8 Å². The Morgan fingerprint density at radius 1 is 0.525 bits per heavy atom. The van der Waals surface area contributed by atoms with E-state index in [-0.39, 0.29) is 6.57 Å². The molecule has 0 atom stereocenters. The molecule has 1 fully saturated rings. The van der Waals surface area contributed by atoms with Crippen LogP contribution in [0.5, 0.6) is 0 Å². The topological polar surface area (TPSA) is 6.48 Å². The summed E-state index contributed by atoms with van der Waals surface area (Å²) < 4.78 is 0. The maximum absolute atomic E-state index is 2.84. The Hall–Kier alpha value is -3.02. The second-order valence-corrected chi connectivity index (χ2v) is 27.7. The Morgan fingerprint density at radius 2 is 0.850 bits per heavy atom. The van der Waals surface area contributed by atoms with Crippen molar-refractivity contribution in [3.63, 3.8) is 0 Å². The van der Waals surface area contributed by atoms with Gasteiger partial charge >= 0.3 is 6.57 Å². The molecule has 1 heterocycles. The van der Waals surface area contributed by atoms with E-state index in [2.05, 4.69) is 156 Å². The molecule has 5 rings (SSSR count). The van der Waals surface area contributed by atoms with Crippen LogP contribution in [0.4, 0.5) is 11.4 Å². The molecular weight excluding hydrogens is 515 g/mol. The van der Waals surface area contributed by atoms with Crippen molar-refractivity contribution in [3.8, 4) is 0 Å². The molecule has 5 heteroatoms. The normalized spacial score (nSPS) is 14.3. The van der Waals surface area contributed by atoms with Crippen LogP contribution in [0, 0.1) is 41.5 Å². The zero-order valence-corrected chi connectivity index (χ0v) is 28.0. The average molecular weight is 561 g/mol. The van der Waals surface area contributed by atoms with Crippen LogP contribution in [0.1, 0.15) is 33.4 Å². The first-order valence-electron chi connectivity index (χ1n) is 14.8.